The molecule has 0 spiro atoms. The molecular formula is C9H14N2O8. The molecule has 0 rings (SSSR count). The number of aliphatic carboxylic acids is 3. The molecule has 0 heterocycles. The highest BCUT2D eigenvalue weighted by Gasteiger charge is 2.19. The lowest BCUT2D eigenvalue weighted by Gasteiger charge is -2.10. The van der Waals surface area contributed by atoms with Crippen molar-refractivity contribution in [3.8, 4) is 0 Å². The molecule has 0 saturated carbocycles. The standard InChI is InChI=1S/C6H10N2O5.C3H4O3/c7-6(13)8-3(5(11)12)1-2-4(9)10;1-2(4)3(5)6/h3H,1-2H2,(H,9,10)(H,11,12)(H3,7,8,13);1H3,(H,5,6)/t3-;/m0./s1. The monoisotopic (exact) mass is 278 g/mol. The topological polar surface area (TPSA) is 184 Å². The molecule has 2 amide bonds. The number of Topliss-reactive ketones (excluding diaryl/α,β-unsaturated/α-hetero) is 1. The van der Waals surface area contributed by atoms with E-state index in [1.807, 2.05) is 5.32 Å². The van der Waals surface area contributed by atoms with Crippen molar-refractivity contribution in [3.63, 3.8) is 0 Å². The molecule has 0 aromatic rings. The molecule has 10 heteroatoms. The van der Waals surface area contributed by atoms with Gasteiger partial charge in [0.2, 0.25) is 5.78 Å². The number of carbonyl (C=O) groups is 5. The zero-order valence-electron chi connectivity index (χ0n) is 9.95. The number of carbonyl (C=O) groups excluding carboxylic acids is 2. The first kappa shape index (κ1) is 18.7. The molecule has 0 bridgehead atoms. The average molecular weight is 278 g/mol. The Morgan fingerprint density at radius 1 is 1.11 bits per heavy atom. The van der Waals surface area contributed by atoms with Gasteiger partial charge in [-0.25, -0.2) is 14.4 Å². The van der Waals surface area contributed by atoms with Crippen molar-refractivity contribution in [1.29, 1.82) is 0 Å². The zero-order valence-corrected chi connectivity index (χ0v) is 9.95. The quantitative estimate of drug-likeness (QED) is 0.368. The van der Waals surface area contributed by atoms with Crippen molar-refractivity contribution in [2.45, 2.75) is 25.8 Å². The van der Waals surface area contributed by atoms with Gasteiger partial charge in [0.1, 0.15) is 6.04 Å². The van der Waals surface area contributed by atoms with Gasteiger partial charge in [-0.2, -0.15) is 0 Å². The summed E-state index contributed by atoms with van der Waals surface area (Å²) in [6, 6.07) is -2.23. The van der Waals surface area contributed by atoms with Gasteiger partial charge >= 0.3 is 23.9 Å². The summed E-state index contributed by atoms with van der Waals surface area (Å²) in [6.07, 6.45) is -0.523. The van der Waals surface area contributed by atoms with Gasteiger partial charge in [0.25, 0.3) is 0 Å². The molecule has 0 aromatic heterocycles. The summed E-state index contributed by atoms with van der Waals surface area (Å²) >= 11 is 0. The average Bonchev–Trinajstić information content (AvgIpc) is 2.23. The van der Waals surface area contributed by atoms with Gasteiger partial charge in [-0.05, 0) is 6.42 Å². The van der Waals surface area contributed by atoms with Crippen LogP contribution in [0.5, 0.6) is 0 Å². The summed E-state index contributed by atoms with van der Waals surface area (Å²) in [5.41, 5.74) is 4.68. The molecular weight excluding hydrogens is 264 g/mol. The van der Waals surface area contributed by atoms with Gasteiger partial charge < -0.3 is 26.4 Å². The van der Waals surface area contributed by atoms with Gasteiger partial charge in [0.05, 0.1) is 0 Å². The summed E-state index contributed by atoms with van der Waals surface area (Å²) < 4.78 is 0. The van der Waals surface area contributed by atoms with Crippen molar-refractivity contribution >= 4 is 29.7 Å². The molecule has 0 saturated heterocycles. The minimum atomic E-state index is -1.38. The van der Waals surface area contributed by atoms with Crippen LogP contribution in [0.2, 0.25) is 0 Å². The van der Waals surface area contributed by atoms with Gasteiger partial charge in [0.15, 0.2) is 0 Å². The SMILES string of the molecule is CC(=O)C(=O)O.NC(=O)N[C@@H](CCC(=O)O)C(=O)O. The van der Waals surface area contributed by atoms with Crippen molar-refractivity contribution in [3.05, 3.63) is 0 Å². The number of amides is 2. The van der Waals surface area contributed by atoms with E-state index in [1.165, 1.54) is 0 Å². The lowest BCUT2D eigenvalue weighted by molar-refractivity contribution is -0.148. The van der Waals surface area contributed by atoms with E-state index in [4.69, 9.17) is 15.3 Å². The fourth-order valence-electron chi connectivity index (χ4n) is 0.697. The number of hydrogen-bond donors (Lipinski definition) is 5. The Morgan fingerprint density at radius 3 is 1.74 bits per heavy atom. The van der Waals surface area contributed by atoms with Crippen LogP contribution in [-0.2, 0) is 19.2 Å². The van der Waals surface area contributed by atoms with Crippen molar-refractivity contribution < 1.29 is 39.3 Å². The highest BCUT2D eigenvalue weighted by atomic mass is 16.4. The van der Waals surface area contributed by atoms with Crippen LogP contribution < -0.4 is 11.1 Å². The Labute approximate surface area is 107 Å². The molecule has 10 nitrogen and oxygen atoms in total. The largest absolute Gasteiger partial charge is 0.481 e. The van der Waals surface area contributed by atoms with Crippen molar-refractivity contribution in [2.75, 3.05) is 0 Å². The predicted molar refractivity (Wildman–Crippen MR) is 59.3 cm³/mol. The highest BCUT2D eigenvalue weighted by Crippen LogP contribution is 1.97. The maximum atomic E-state index is 10.4. The van der Waals surface area contributed by atoms with Gasteiger partial charge in [-0.1, -0.05) is 0 Å². The third kappa shape index (κ3) is 13.3. The number of ketones is 1. The summed E-state index contributed by atoms with van der Waals surface area (Å²) in [5, 5.41) is 26.3. The Hall–Kier alpha value is -2.65. The normalized spacial score (nSPS) is 10.4. The Morgan fingerprint density at radius 2 is 1.53 bits per heavy atom. The van der Waals surface area contributed by atoms with E-state index in [2.05, 4.69) is 5.73 Å². The molecule has 0 aromatic carbocycles. The smallest absolute Gasteiger partial charge is 0.371 e. The lowest BCUT2D eigenvalue weighted by atomic mass is 10.1. The summed E-state index contributed by atoms with van der Waals surface area (Å²) in [7, 11) is 0. The lowest BCUT2D eigenvalue weighted by Crippen LogP contribution is -2.43. The Kier molecular flexibility index (Phi) is 9.24. The number of primary amides is 1. The fourth-order valence-corrected chi connectivity index (χ4v) is 0.697. The van der Waals surface area contributed by atoms with Crippen LogP contribution in [0.3, 0.4) is 0 Å². The minimum absolute atomic E-state index is 0.187. The number of carboxylic acid groups (broad SMARTS) is 3. The van der Waals surface area contributed by atoms with E-state index in [1.54, 1.807) is 0 Å². The molecule has 1 atom stereocenters. The van der Waals surface area contributed by atoms with Crippen molar-refractivity contribution in [1.82, 2.24) is 5.32 Å². The Bertz CT molecular complexity index is 366. The van der Waals surface area contributed by atoms with Crippen molar-refractivity contribution in [2.24, 2.45) is 5.73 Å². The third-order valence-corrected chi connectivity index (χ3v) is 1.56. The first-order chi connectivity index (χ1) is 8.57. The molecule has 108 valence electrons. The molecule has 6 N–H and O–H groups in total. The predicted octanol–water partition coefficient (Wildman–Crippen LogP) is -1.37. The van der Waals surface area contributed by atoms with Gasteiger partial charge in [-0.15, -0.1) is 0 Å². The Balaban J connectivity index is 0. The van der Waals surface area contributed by atoms with E-state index in [0.29, 0.717) is 0 Å². The van der Waals surface area contributed by atoms with Crippen LogP contribution in [0.1, 0.15) is 19.8 Å². The van der Waals surface area contributed by atoms with Gasteiger partial charge in [-0.3, -0.25) is 9.59 Å². The van der Waals surface area contributed by atoms with Gasteiger partial charge in [0, 0.05) is 13.3 Å². The third-order valence-electron chi connectivity index (χ3n) is 1.56. The summed E-state index contributed by atoms with van der Waals surface area (Å²) in [4.78, 5) is 49.6. The van der Waals surface area contributed by atoms with Crippen LogP contribution in [0.4, 0.5) is 4.79 Å². The number of urea groups is 1. The van der Waals surface area contributed by atoms with E-state index in [0.717, 1.165) is 6.92 Å². The highest BCUT2D eigenvalue weighted by molar-refractivity contribution is 6.31. The van der Waals surface area contributed by atoms with Crippen LogP contribution in [-0.4, -0.2) is 51.1 Å². The fraction of sp³-hybridized carbons (Fsp3) is 0.444. The maximum absolute atomic E-state index is 10.4. The number of nitrogens with two attached hydrogens (primary N) is 1. The summed E-state index contributed by atoms with van der Waals surface area (Å²) in [6.45, 7) is 1.00. The first-order valence-electron chi connectivity index (χ1n) is 4.82. The minimum Gasteiger partial charge on any atom is -0.481 e. The molecule has 0 aliphatic heterocycles. The van der Waals surface area contributed by atoms with E-state index in [9.17, 15) is 24.0 Å². The number of nitrogens with one attached hydrogen (secondary N) is 1. The van der Waals surface area contributed by atoms with Crippen LogP contribution >= 0.6 is 0 Å². The summed E-state index contributed by atoms with van der Waals surface area (Å²) in [5.74, 6) is -4.64. The maximum Gasteiger partial charge on any atom is 0.371 e. The first-order valence-corrected chi connectivity index (χ1v) is 4.82. The van der Waals surface area contributed by atoms with E-state index in [-0.39, 0.29) is 12.8 Å². The van der Waals surface area contributed by atoms with E-state index < -0.39 is 35.8 Å². The molecule has 0 aliphatic carbocycles. The second-order valence-electron chi connectivity index (χ2n) is 3.19. The number of carboxylic acids is 3. The number of rotatable bonds is 6. The molecule has 0 fully saturated rings. The molecule has 19 heavy (non-hydrogen) atoms. The molecule has 0 aliphatic rings. The second-order valence-corrected chi connectivity index (χ2v) is 3.19. The molecule has 0 radical (unpaired) electrons. The van der Waals surface area contributed by atoms with Crippen LogP contribution in [0.25, 0.3) is 0 Å². The molecule has 0 unspecified atom stereocenters. The number of hydrogen-bond acceptors (Lipinski definition) is 5. The van der Waals surface area contributed by atoms with Crippen LogP contribution in [0.15, 0.2) is 0 Å². The zero-order chi connectivity index (χ0) is 15.6. The second kappa shape index (κ2) is 9.39. The van der Waals surface area contributed by atoms with E-state index >= 15 is 0 Å². The van der Waals surface area contributed by atoms with Crippen LogP contribution in [0, 0.1) is 0 Å².